The average Bonchev–Trinajstić information content (AvgIpc) is 0.868. The van der Waals surface area contributed by atoms with E-state index in [4.69, 9.17) is 14.2 Å². The number of nitrogens with zero attached hydrogens (tertiary/aromatic N) is 3. The predicted molar refractivity (Wildman–Crippen MR) is 378 cm³/mol. The van der Waals surface area contributed by atoms with Crippen molar-refractivity contribution >= 4 is 109 Å². The van der Waals surface area contributed by atoms with Gasteiger partial charge in [-0.25, -0.2) is 42.5 Å². The van der Waals surface area contributed by atoms with E-state index in [1.807, 2.05) is 0 Å². The second-order valence-electron chi connectivity index (χ2n) is 23.7. The van der Waals surface area contributed by atoms with Crippen LogP contribution in [0, 0.1) is 35.2 Å². The van der Waals surface area contributed by atoms with Gasteiger partial charge in [0.05, 0.1) is 56.0 Å². The van der Waals surface area contributed by atoms with Crippen molar-refractivity contribution in [1.29, 1.82) is 0 Å². The molecule has 0 saturated carbocycles. The summed E-state index contributed by atoms with van der Waals surface area (Å²) in [6.07, 6.45) is 12.5. The number of cyclic esters (lactones) is 3. The molecule has 3 aliphatic rings. The molecule has 0 unspecified atom stereocenters. The van der Waals surface area contributed by atoms with Gasteiger partial charge in [0.25, 0.3) is 35.4 Å². The van der Waals surface area contributed by atoms with Crippen LogP contribution in [0.15, 0.2) is 108 Å². The van der Waals surface area contributed by atoms with Crippen LogP contribution in [0.3, 0.4) is 0 Å². The highest BCUT2D eigenvalue weighted by Gasteiger charge is 2.34. The topological polar surface area (TPSA) is 379 Å². The minimum absolute atomic E-state index is 0.0774. The zero-order valence-electron chi connectivity index (χ0n) is 57.8. The Morgan fingerprint density at radius 3 is 1.22 bits per heavy atom. The lowest BCUT2D eigenvalue weighted by Crippen LogP contribution is -2.48. The molecule has 6 rings (SSSR count). The molecule has 3 aromatic rings. The standard InChI is InChI=1S/3C23H29FN4O5S/c1-4-17-21(30)28-19(13(2)3)23(32)33-15(7-5-6-10-34)11-18(29)25-12-14-8-9-16(24)20(26-14)22(31)27-17;1-4-16-21(30)28-20(13(2)3)23(32)33-14(7-5-6-10-34)11-19(29)25-12-18-15(24)8-9-17(26-18)22(31)27-16;1-4-17-21(30)28-20(13(2)3)23(32)33-16(7-5-6-8-34)11-19(29)25-12-15-9-14(24)10-18(26-15)22(31)27-17/h4-5,7-9,13,15,19,34H,6,10-12H2,1-3H3,(H,25,29)(H,27,31)(H,28,30);4-5,7-9,13-14,20,34H,6,10-12H2,1-3H3,(H,25,29)(H,27,31)(H,28,30);4-5,7,9-10,13,16,20,34H,6,8,11-12H2,1-3H3,(H,25,29)(H,27,31)(H,28,30)/b7-5+,17-4-;7-5+,16-4-;7-5+,17-4-/t15-,19+;14-,20+;16-,20+/m111/s1. The summed E-state index contributed by atoms with van der Waals surface area (Å²) >= 11 is 12.4. The van der Waals surface area contributed by atoms with Gasteiger partial charge in [-0.15, -0.1) is 0 Å². The molecule has 0 saturated heterocycles. The first-order chi connectivity index (χ1) is 48.4. The van der Waals surface area contributed by atoms with Crippen LogP contribution >= 0.6 is 37.9 Å². The molecule has 27 nitrogen and oxygen atoms in total. The van der Waals surface area contributed by atoms with Crippen LogP contribution < -0.4 is 47.9 Å². The Kier molecular flexibility index (Phi) is 35.9. The molecule has 0 spiro atoms. The molecule has 9 amide bonds. The zero-order valence-corrected chi connectivity index (χ0v) is 60.5. The normalized spacial score (nSPS) is 21.9. The molecule has 0 aliphatic carbocycles. The Balaban J connectivity index is 0.000000324. The maximum Gasteiger partial charge on any atom is 0.329 e. The number of nitrogens with one attached hydrogen (secondary N) is 9. The Labute approximate surface area is 605 Å². The number of allylic oxidation sites excluding steroid dienone is 6. The number of halogens is 3. The zero-order chi connectivity index (χ0) is 75.8. The van der Waals surface area contributed by atoms with E-state index in [2.05, 4.69) is 101 Å². The second-order valence-corrected chi connectivity index (χ2v) is 25.0. The molecule has 3 aliphatic heterocycles. The minimum Gasteiger partial charge on any atom is -0.456 e. The van der Waals surface area contributed by atoms with Crippen LogP contribution in [0.25, 0.3) is 0 Å². The van der Waals surface area contributed by atoms with E-state index in [1.165, 1.54) is 51.1 Å². The molecule has 6 heterocycles. The maximum atomic E-state index is 14.3. The third-order valence-electron chi connectivity index (χ3n) is 14.6. The number of carbonyl (C=O) groups is 12. The van der Waals surface area contributed by atoms with Crippen molar-refractivity contribution in [2.75, 3.05) is 17.3 Å². The monoisotopic (exact) mass is 1480 g/mol. The van der Waals surface area contributed by atoms with E-state index >= 15 is 0 Å². The van der Waals surface area contributed by atoms with Crippen LogP contribution in [0.5, 0.6) is 0 Å². The highest BCUT2D eigenvalue weighted by atomic mass is 32.1. The summed E-state index contributed by atoms with van der Waals surface area (Å²) in [4.78, 5) is 164. The summed E-state index contributed by atoms with van der Waals surface area (Å²) in [6, 6.07) is 3.47. The Morgan fingerprint density at radius 2 is 0.824 bits per heavy atom. The van der Waals surface area contributed by atoms with Gasteiger partial charge in [0.15, 0.2) is 11.5 Å². The number of hydrogen-bond donors (Lipinski definition) is 12. The molecule has 9 N–H and O–H groups in total. The first kappa shape index (κ1) is 84.8. The molecule has 3 aromatic heterocycles. The number of amides is 9. The number of fused-ring (bicyclic) bond motifs is 6. The SMILES string of the molecule is C/C=C1\NC(=O)c2cc(F)cc(n2)CNC(=O)C[C@@H](/C=C/CCS)OC(=O)[C@H](C(C)C)NC1=O.C/C=C1\NC(=O)c2ccc(F)c(n2)CNC(=O)C[C@@H](/C=C/CCS)OC(=O)[C@H](C(C)C)NC1=O.C/C=C1\NC(=O)c2nc(ccc2F)CNC(=O)C[C@@H](/C=C/CCS)OC(=O)[C@H](C(C)C)NC1=O. The van der Waals surface area contributed by atoms with E-state index in [1.54, 1.807) is 78.0 Å². The summed E-state index contributed by atoms with van der Waals surface area (Å²) in [6.45, 7) is 14.4. The highest BCUT2D eigenvalue weighted by molar-refractivity contribution is 7.80. The molecule has 33 heteroatoms. The van der Waals surface area contributed by atoms with Crippen molar-refractivity contribution in [3.8, 4) is 0 Å². The average molecular weight is 1480 g/mol. The maximum absolute atomic E-state index is 14.3. The Hall–Kier alpha value is -9.63. The molecule has 0 fully saturated rings. The fraction of sp³-hybridized carbons (Fsp3) is 0.435. The molecule has 0 aromatic carbocycles. The van der Waals surface area contributed by atoms with Crippen molar-refractivity contribution in [2.45, 2.75) is 157 Å². The first-order valence-electron chi connectivity index (χ1n) is 32.5. The molecule has 0 radical (unpaired) electrons. The number of aromatic nitrogens is 3. The van der Waals surface area contributed by atoms with Crippen LogP contribution in [-0.4, -0.2) is 140 Å². The van der Waals surface area contributed by atoms with Crippen molar-refractivity contribution in [1.82, 2.24) is 62.8 Å². The summed E-state index contributed by atoms with van der Waals surface area (Å²) in [5.41, 5.74) is -1.18. The predicted octanol–water partition coefficient (Wildman–Crippen LogP) is 5.41. The van der Waals surface area contributed by atoms with Crippen LogP contribution in [-0.2, 0) is 77.0 Å². The molecule has 102 heavy (non-hydrogen) atoms. The molecule has 552 valence electrons. The minimum atomic E-state index is -1.06. The van der Waals surface area contributed by atoms with Crippen molar-refractivity contribution < 1.29 is 84.9 Å². The van der Waals surface area contributed by atoms with Gasteiger partial charge in [-0.1, -0.05) is 78.0 Å². The summed E-state index contributed by atoms with van der Waals surface area (Å²) in [5.74, 6) is -10.0. The fourth-order valence-corrected chi connectivity index (χ4v) is 9.57. The van der Waals surface area contributed by atoms with E-state index in [0.29, 0.717) is 36.5 Å². The summed E-state index contributed by atoms with van der Waals surface area (Å²) in [7, 11) is 0. The smallest absolute Gasteiger partial charge is 0.329 e. The van der Waals surface area contributed by atoms with Crippen molar-refractivity contribution in [3.63, 3.8) is 0 Å². The lowest BCUT2D eigenvalue weighted by Gasteiger charge is -2.24. The quantitative estimate of drug-likeness (QED) is 0.0354. The molecule has 6 bridgehead atoms. The summed E-state index contributed by atoms with van der Waals surface area (Å²) < 4.78 is 59.2. The van der Waals surface area contributed by atoms with Gasteiger partial charge in [-0.3, -0.25) is 43.2 Å². The third kappa shape index (κ3) is 28.1. The van der Waals surface area contributed by atoms with Crippen molar-refractivity contribution in [2.24, 2.45) is 17.8 Å². The number of hydrogen-bond acceptors (Lipinski definition) is 21. The lowest BCUT2D eigenvalue weighted by molar-refractivity contribution is -0.153. The van der Waals surface area contributed by atoms with E-state index < -0.39 is 131 Å². The number of ether oxygens (including phenoxy) is 3. The largest absolute Gasteiger partial charge is 0.456 e. The van der Waals surface area contributed by atoms with Gasteiger partial charge in [0, 0.05) is 6.07 Å². The number of rotatable bonds is 12. The van der Waals surface area contributed by atoms with Crippen LogP contribution in [0.4, 0.5) is 13.2 Å². The van der Waals surface area contributed by atoms with E-state index in [-0.39, 0.29) is 102 Å². The first-order valence-corrected chi connectivity index (χ1v) is 34.4. The third-order valence-corrected chi connectivity index (χ3v) is 15.4. The van der Waals surface area contributed by atoms with Gasteiger partial charge in [0.1, 0.15) is 76.6 Å². The molecular weight excluding hydrogens is 1390 g/mol. The second kappa shape index (κ2) is 43.2. The molecular formula is C69H87F3N12O15S3. The fourth-order valence-electron chi connectivity index (χ4n) is 9.12. The Morgan fingerprint density at radius 1 is 0.451 bits per heavy atom. The number of esters is 3. The highest BCUT2D eigenvalue weighted by Crippen LogP contribution is 2.18. The Bertz CT molecular complexity index is 3730. The number of carbonyl (C=O) groups excluding carboxylic acids is 12. The molecule has 6 atom stereocenters. The van der Waals surface area contributed by atoms with Gasteiger partial charge >= 0.3 is 17.9 Å². The van der Waals surface area contributed by atoms with Gasteiger partial charge in [-0.05, 0) is 124 Å². The van der Waals surface area contributed by atoms with Gasteiger partial charge in [0.2, 0.25) is 17.7 Å². The van der Waals surface area contributed by atoms with E-state index in [9.17, 15) is 70.7 Å². The lowest BCUT2D eigenvalue weighted by atomic mass is 10.0. The van der Waals surface area contributed by atoms with Crippen LogP contribution in [0.2, 0.25) is 0 Å². The van der Waals surface area contributed by atoms with E-state index in [0.717, 1.165) is 24.3 Å². The summed E-state index contributed by atoms with van der Waals surface area (Å²) in [5, 5.41) is 22.5. The van der Waals surface area contributed by atoms with Crippen molar-refractivity contribution in [3.05, 3.63) is 160 Å². The van der Waals surface area contributed by atoms with Gasteiger partial charge in [-0.2, -0.15) is 37.9 Å². The number of pyridine rings is 3. The van der Waals surface area contributed by atoms with Crippen LogP contribution in [0.1, 0.15) is 149 Å². The van der Waals surface area contributed by atoms with Gasteiger partial charge < -0.3 is 62.1 Å². The number of thiol groups is 3.